The van der Waals surface area contributed by atoms with Crippen LogP contribution in [0.2, 0.25) is 0 Å². The number of hydrogen-bond donors (Lipinski definition) is 1. The minimum atomic E-state index is -3.76. The highest BCUT2D eigenvalue weighted by atomic mass is 32.2. The van der Waals surface area contributed by atoms with Crippen molar-refractivity contribution in [2.24, 2.45) is 0 Å². The topological polar surface area (TPSA) is 107 Å². The van der Waals surface area contributed by atoms with Crippen LogP contribution in [0.25, 0.3) is 11.3 Å². The number of anilines is 1. The molecule has 1 N–H and O–H groups in total. The predicted octanol–water partition coefficient (Wildman–Crippen LogP) is 3.74. The Balaban J connectivity index is 1.68. The molecule has 1 heterocycles. The Bertz CT molecular complexity index is 1190. The average molecular weight is 520 g/mol. The van der Waals surface area contributed by atoms with E-state index in [1.54, 1.807) is 0 Å². The third-order valence-corrected chi connectivity index (χ3v) is 7.70. The standard InChI is InChI=1S/C24H29N3O6S2/c1-4-33-20-9-5-18(6-10-20)22-17-34-24(25-22)26-23(28)19-7-11-21(12-8-19)35(29,30)27(13-15-31-2)14-16-32-3/h5-12,17H,4,13-16H2,1-3H3,(H,25,26,28). The van der Waals surface area contributed by atoms with Gasteiger partial charge in [-0.2, -0.15) is 4.31 Å². The van der Waals surface area contributed by atoms with Gasteiger partial charge < -0.3 is 14.2 Å². The second-order valence-corrected chi connectivity index (χ2v) is 10.2. The molecule has 0 aliphatic rings. The molecule has 0 aliphatic heterocycles. The van der Waals surface area contributed by atoms with E-state index in [-0.39, 0.29) is 37.1 Å². The quantitative estimate of drug-likeness (QED) is 0.367. The lowest BCUT2D eigenvalue weighted by Crippen LogP contribution is -2.36. The summed E-state index contributed by atoms with van der Waals surface area (Å²) in [7, 11) is -0.735. The third-order valence-electron chi connectivity index (χ3n) is 5.03. The van der Waals surface area contributed by atoms with Crippen molar-refractivity contribution in [3.63, 3.8) is 0 Å². The summed E-state index contributed by atoms with van der Waals surface area (Å²) in [4.78, 5) is 17.3. The Morgan fingerprint density at radius 3 is 2.20 bits per heavy atom. The average Bonchev–Trinajstić information content (AvgIpc) is 3.33. The van der Waals surface area contributed by atoms with Crippen molar-refractivity contribution in [2.75, 3.05) is 52.4 Å². The third kappa shape index (κ3) is 7.09. The molecule has 1 aromatic heterocycles. The van der Waals surface area contributed by atoms with Crippen LogP contribution in [-0.4, -0.2) is 70.7 Å². The molecule has 11 heteroatoms. The maximum absolute atomic E-state index is 13.0. The second-order valence-electron chi connectivity index (χ2n) is 7.36. The molecule has 9 nitrogen and oxygen atoms in total. The first-order chi connectivity index (χ1) is 16.9. The molecule has 0 atom stereocenters. The number of sulfonamides is 1. The smallest absolute Gasteiger partial charge is 0.257 e. The highest BCUT2D eigenvalue weighted by Crippen LogP contribution is 2.27. The van der Waals surface area contributed by atoms with E-state index in [1.807, 2.05) is 36.6 Å². The van der Waals surface area contributed by atoms with Crippen LogP contribution in [0.15, 0.2) is 58.8 Å². The maximum Gasteiger partial charge on any atom is 0.257 e. The Morgan fingerprint density at radius 2 is 1.63 bits per heavy atom. The number of carbonyl (C=O) groups excluding carboxylic acids is 1. The number of benzene rings is 2. The van der Waals surface area contributed by atoms with Crippen LogP contribution < -0.4 is 10.1 Å². The van der Waals surface area contributed by atoms with Gasteiger partial charge in [0.05, 0.1) is 30.4 Å². The SMILES string of the molecule is CCOc1ccc(-c2csc(NC(=O)c3ccc(S(=O)(=O)N(CCOC)CCOC)cc3)n2)cc1. The van der Waals surface area contributed by atoms with Crippen LogP contribution in [0.5, 0.6) is 5.75 Å². The number of aromatic nitrogens is 1. The largest absolute Gasteiger partial charge is 0.494 e. The number of nitrogens with zero attached hydrogens (tertiary/aromatic N) is 2. The summed E-state index contributed by atoms with van der Waals surface area (Å²) in [5.74, 6) is 0.406. The molecule has 0 saturated heterocycles. The van der Waals surface area contributed by atoms with Gasteiger partial charge in [0, 0.05) is 43.8 Å². The number of carbonyl (C=O) groups is 1. The highest BCUT2D eigenvalue weighted by molar-refractivity contribution is 7.89. The maximum atomic E-state index is 13.0. The van der Waals surface area contributed by atoms with Gasteiger partial charge >= 0.3 is 0 Å². The van der Waals surface area contributed by atoms with Crippen LogP contribution in [-0.2, 0) is 19.5 Å². The van der Waals surface area contributed by atoms with E-state index in [9.17, 15) is 13.2 Å². The van der Waals surface area contributed by atoms with Crippen molar-refractivity contribution >= 4 is 32.4 Å². The van der Waals surface area contributed by atoms with Crippen molar-refractivity contribution in [1.82, 2.24) is 9.29 Å². The van der Waals surface area contributed by atoms with E-state index < -0.39 is 10.0 Å². The Hall–Kier alpha value is -2.83. The molecule has 0 bridgehead atoms. The summed E-state index contributed by atoms with van der Waals surface area (Å²) in [6.45, 7) is 3.44. The van der Waals surface area contributed by atoms with Crippen LogP contribution in [0, 0.1) is 0 Å². The summed E-state index contributed by atoms with van der Waals surface area (Å²) in [6, 6.07) is 13.4. The van der Waals surface area contributed by atoms with Gasteiger partial charge in [-0.1, -0.05) is 0 Å². The fourth-order valence-electron chi connectivity index (χ4n) is 3.19. The van der Waals surface area contributed by atoms with Gasteiger partial charge in [-0.3, -0.25) is 10.1 Å². The minimum absolute atomic E-state index is 0.0910. The summed E-state index contributed by atoms with van der Waals surface area (Å²) in [5.41, 5.74) is 1.97. The number of thiazole rings is 1. The normalized spacial score (nSPS) is 11.5. The molecule has 0 saturated carbocycles. The summed E-state index contributed by atoms with van der Waals surface area (Å²) in [6.07, 6.45) is 0. The van der Waals surface area contributed by atoms with E-state index >= 15 is 0 Å². The predicted molar refractivity (Wildman–Crippen MR) is 136 cm³/mol. The van der Waals surface area contributed by atoms with Gasteiger partial charge in [0.25, 0.3) is 5.91 Å². The molecule has 0 fully saturated rings. The van der Waals surface area contributed by atoms with Crippen molar-refractivity contribution in [2.45, 2.75) is 11.8 Å². The molecular formula is C24H29N3O6S2. The number of methoxy groups -OCH3 is 2. The number of hydrogen-bond acceptors (Lipinski definition) is 8. The molecule has 188 valence electrons. The van der Waals surface area contributed by atoms with Gasteiger partial charge in [0.15, 0.2) is 5.13 Å². The Labute approximate surface area is 209 Å². The molecule has 2 aromatic carbocycles. The molecule has 0 unspecified atom stereocenters. The van der Waals surface area contributed by atoms with E-state index in [0.29, 0.717) is 17.3 Å². The van der Waals surface area contributed by atoms with E-state index in [2.05, 4.69) is 10.3 Å². The lowest BCUT2D eigenvalue weighted by molar-refractivity contribution is 0.102. The van der Waals surface area contributed by atoms with Gasteiger partial charge in [-0.15, -0.1) is 11.3 Å². The van der Waals surface area contributed by atoms with E-state index in [4.69, 9.17) is 14.2 Å². The summed E-state index contributed by atoms with van der Waals surface area (Å²) >= 11 is 1.31. The van der Waals surface area contributed by atoms with Crippen LogP contribution >= 0.6 is 11.3 Å². The number of ether oxygens (including phenoxy) is 3. The first kappa shape index (κ1) is 26.8. The van der Waals surface area contributed by atoms with E-state index in [0.717, 1.165) is 17.0 Å². The molecule has 35 heavy (non-hydrogen) atoms. The van der Waals surface area contributed by atoms with Gasteiger partial charge in [-0.25, -0.2) is 13.4 Å². The minimum Gasteiger partial charge on any atom is -0.494 e. The molecule has 3 aromatic rings. The zero-order chi connectivity index (χ0) is 25.3. The fraction of sp³-hybridized carbons (Fsp3) is 0.333. The lowest BCUT2D eigenvalue weighted by Gasteiger charge is -2.21. The zero-order valence-corrected chi connectivity index (χ0v) is 21.5. The van der Waals surface area contributed by atoms with Crippen molar-refractivity contribution in [3.8, 4) is 17.0 Å². The number of rotatable bonds is 13. The lowest BCUT2D eigenvalue weighted by atomic mass is 10.2. The van der Waals surface area contributed by atoms with Crippen LogP contribution in [0.4, 0.5) is 5.13 Å². The second kappa shape index (κ2) is 12.8. The van der Waals surface area contributed by atoms with Crippen LogP contribution in [0.3, 0.4) is 0 Å². The molecule has 3 rings (SSSR count). The monoisotopic (exact) mass is 519 g/mol. The summed E-state index contributed by atoms with van der Waals surface area (Å²) in [5, 5.41) is 5.07. The number of amides is 1. The Kier molecular flexibility index (Phi) is 9.75. The van der Waals surface area contributed by atoms with Gasteiger partial charge in [0.1, 0.15) is 5.75 Å². The molecular weight excluding hydrogens is 490 g/mol. The first-order valence-corrected chi connectivity index (χ1v) is 13.3. The molecule has 0 radical (unpaired) electrons. The van der Waals surface area contributed by atoms with Gasteiger partial charge in [0.2, 0.25) is 10.0 Å². The van der Waals surface area contributed by atoms with Crippen molar-refractivity contribution in [1.29, 1.82) is 0 Å². The first-order valence-electron chi connectivity index (χ1n) is 11.0. The molecule has 0 aliphatic carbocycles. The fourth-order valence-corrected chi connectivity index (χ4v) is 5.31. The highest BCUT2D eigenvalue weighted by Gasteiger charge is 2.24. The van der Waals surface area contributed by atoms with Gasteiger partial charge in [-0.05, 0) is 55.5 Å². The number of nitrogens with one attached hydrogen (secondary N) is 1. The summed E-state index contributed by atoms with van der Waals surface area (Å²) < 4.78 is 42.8. The van der Waals surface area contributed by atoms with Crippen molar-refractivity contribution < 1.29 is 27.4 Å². The van der Waals surface area contributed by atoms with Crippen LogP contribution in [0.1, 0.15) is 17.3 Å². The Morgan fingerprint density at radius 1 is 1.00 bits per heavy atom. The molecule has 1 amide bonds. The van der Waals surface area contributed by atoms with E-state index in [1.165, 1.54) is 54.1 Å². The zero-order valence-electron chi connectivity index (χ0n) is 19.9. The van der Waals surface area contributed by atoms with Crippen molar-refractivity contribution in [3.05, 3.63) is 59.5 Å². The molecule has 0 spiro atoms.